The van der Waals surface area contributed by atoms with Crippen LogP contribution >= 0.6 is 0 Å². The molecular weight excluding hydrogens is 318 g/mol. The fraction of sp³-hybridized carbons (Fsp3) is 0.188. The summed E-state index contributed by atoms with van der Waals surface area (Å²) in [5.41, 5.74) is -1.13. The highest BCUT2D eigenvalue weighted by molar-refractivity contribution is 7.89. The Labute approximate surface area is 134 Å². The van der Waals surface area contributed by atoms with Crippen LogP contribution in [0.2, 0.25) is 0 Å². The smallest absolute Gasteiger partial charge is 0.324 e. The van der Waals surface area contributed by atoms with Crippen molar-refractivity contribution < 1.29 is 23.4 Å². The molecule has 1 unspecified atom stereocenters. The maximum Gasteiger partial charge on any atom is 0.324 e. The summed E-state index contributed by atoms with van der Waals surface area (Å²) in [6, 6.07) is 13.5. The molecule has 0 spiro atoms. The molecular formula is C16H17NO5S. The van der Waals surface area contributed by atoms with Crippen LogP contribution in [0.5, 0.6) is 5.75 Å². The lowest BCUT2D eigenvalue weighted by atomic mass is 9.94. The van der Waals surface area contributed by atoms with E-state index in [4.69, 9.17) is 0 Å². The van der Waals surface area contributed by atoms with Crippen molar-refractivity contribution in [3.63, 3.8) is 0 Å². The van der Waals surface area contributed by atoms with Gasteiger partial charge in [-0.05, 0) is 36.8 Å². The number of hydrogen-bond acceptors (Lipinski definition) is 4. The molecule has 2 aromatic rings. The van der Waals surface area contributed by atoms with E-state index in [1.165, 1.54) is 31.2 Å². The zero-order chi connectivity index (χ0) is 17.1. The third-order valence-electron chi connectivity index (χ3n) is 3.38. The number of nitrogens with one attached hydrogen (secondary N) is 1. The van der Waals surface area contributed by atoms with Crippen LogP contribution in [0.15, 0.2) is 59.5 Å². The summed E-state index contributed by atoms with van der Waals surface area (Å²) in [7, 11) is -3.97. The van der Waals surface area contributed by atoms with E-state index in [0.29, 0.717) is 5.56 Å². The van der Waals surface area contributed by atoms with E-state index in [0.717, 1.165) is 0 Å². The predicted molar refractivity (Wildman–Crippen MR) is 84.6 cm³/mol. The van der Waals surface area contributed by atoms with Crippen molar-refractivity contribution in [2.75, 3.05) is 0 Å². The van der Waals surface area contributed by atoms with Gasteiger partial charge in [0.05, 0.1) is 4.90 Å². The number of phenols is 1. The maximum absolute atomic E-state index is 12.4. The number of rotatable bonds is 6. The second kappa shape index (κ2) is 6.39. The number of carbonyl (C=O) groups is 1. The molecule has 1 atom stereocenters. The minimum absolute atomic E-state index is 0.00168. The van der Waals surface area contributed by atoms with Crippen molar-refractivity contribution in [2.24, 2.45) is 0 Å². The Kier molecular flexibility index (Phi) is 4.72. The summed E-state index contributed by atoms with van der Waals surface area (Å²) in [5, 5.41) is 18.8. The monoisotopic (exact) mass is 335 g/mol. The minimum Gasteiger partial charge on any atom is -0.508 e. The molecule has 0 saturated carbocycles. The van der Waals surface area contributed by atoms with Crippen molar-refractivity contribution >= 4 is 16.0 Å². The summed E-state index contributed by atoms with van der Waals surface area (Å²) in [6.45, 7) is 1.31. The van der Waals surface area contributed by atoms with Gasteiger partial charge in [-0.25, -0.2) is 8.42 Å². The normalized spacial score (nSPS) is 14.1. The molecule has 0 heterocycles. The number of aromatic hydroxyl groups is 1. The lowest BCUT2D eigenvalue weighted by Gasteiger charge is -2.26. The van der Waals surface area contributed by atoms with Gasteiger partial charge >= 0.3 is 5.97 Å². The van der Waals surface area contributed by atoms with E-state index in [1.807, 2.05) is 0 Å². The van der Waals surface area contributed by atoms with Crippen molar-refractivity contribution in [1.29, 1.82) is 0 Å². The van der Waals surface area contributed by atoms with Crippen molar-refractivity contribution in [3.8, 4) is 5.75 Å². The lowest BCUT2D eigenvalue weighted by molar-refractivity contribution is -0.143. The van der Waals surface area contributed by atoms with Gasteiger partial charge in [0.2, 0.25) is 10.0 Å². The highest BCUT2D eigenvalue weighted by Crippen LogP contribution is 2.20. The van der Waals surface area contributed by atoms with Crippen LogP contribution in [-0.2, 0) is 21.2 Å². The van der Waals surface area contributed by atoms with Gasteiger partial charge in [-0.1, -0.05) is 30.3 Å². The highest BCUT2D eigenvalue weighted by atomic mass is 32.2. The molecule has 2 aromatic carbocycles. The third-order valence-corrected chi connectivity index (χ3v) is 4.99. The fourth-order valence-electron chi connectivity index (χ4n) is 2.13. The second-order valence-electron chi connectivity index (χ2n) is 5.40. The van der Waals surface area contributed by atoms with Crippen molar-refractivity contribution in [2.45, 2.75) is 23.8 Å². The van der Waals surface area contributed by atoms with E-state index in [-0.39, 0.29) is 17.1 Å². The predicted octanol–water partition coefficient (Wildman–Crippen LogP) is 1.76. The number of phenolic OH excluding ortho intramolecular Hbond substituents is 1. The summed E-state index contributed by atoms with van der Waals surface area (Å²) >= 11 is 0. The molecule has 7 heteroatoms. The zero-order valence-corrected chi connectivity index (χ0v) is 13.2. The Morgan fingerprint density at radius 3 is 2.17 bits per heavy atom. The lowest BCUT2D eigenvalue weighted by Crippen LogP contribution is -2.53. The molecule has 0 aliphatic heterocycles. The van der Waals surface area contributed by atoms with Gasteiger partial charge in [0.15, 0.2) is 0 Å². The summed E-state index contributed by atoms with van der Waals surface area (Å²) in [5.74, 6) is -1.24. The van der Waals surface area contributed by atoms with Crippen LogP contribution < -0.4 is 4.72 Å². The molecule has 0 aromatic heterocycles. The molecule has 0 aliphatic carbocycles. The first-order chi connectivity index (χ1) is 10.7. The molecule has 0 fully saturated rings. The second-order valence-corrected chi connectivity index (χ2v) is 7.08. The van der Waals surface area contributed by atoms with Gasteiger partial charge in [-0.3, -0.25) is 4.79 Å². The first-order valence-electron chi connectivity index (χ1n) is 6.83. The van der Waals surface area contributed by atoms with E-state index >= 15 is 0 Å². The Morgan fingerprint density at radius 2 is 1.65 bits per heavy atom. The van der Waals surface area contributed by atoms with E-state index in [1.54, 1.807) is 30.3 Å². The molecule has 2 rings (SSSR count). The maximum atomic E-state index is 12.4. The average molecular weight is 335 g/mol. The van der Waals surface area contributed by atoms with Gasteiger partial charge < -0.3 is 10.2 Å². The van der Waals surface area contributed by atoms with Crippen LogP contribution in [0.25, 0.3) is 0 Å². The minimum atomic E-state index is -3.97. The van der Waals surface area contributed by atoms with E-state index in [2.05, 4.69) is 4.72 Å². The molecule has 122 valence electrons. The average Bonchev–Trinajstić information content (AvgIpc) is 2.50. The van der Waals surface area contributed by atoms with Gasteiger partial charge in [0.1, 0.15) is 11.3 Å². The number of carboxylic acids is 1. The molecule has 0 saturated heterocycles. The van der Waals surface area contributed by atoms with Gasteiger partial charge in [-0.2, -0.15) is 4.72 Å². The Hall–Kier alpha value is -2.38. The van der Waals surface area contributed by atoms with E-state index < -0.39 is 21.5 Å². The highest BCUT2D eigenvalue weighted by Gasteiger charge is 2.38. The first kappa shape index (κ1) is 17.0. The molecule has 0 amide bonds. The molecule has 0 radical (unpaired) electrons. The summed E-state index contributed by atoms with van der Waals surface area (Å²) < 4.78 is 27.0. The number of hydrogen-bond donors (Lipinski definition) is 3. The van der Waals surface area contributed by atoms with Crippen molar-refractivity contribution in [3.05, 3.63) is 60.2 Å². The Bertz CT molecular complexity index is 787. The zero-order valence-electron chi connectivity index (χ0n) is 12.4. The fourth-order valence-corrected chi connectivity index (χ4v) is 3.52. The van der Waals surface area contributed by atoms with Crippen LogP contribution in [-0.4, -0.2) is 30.1 Å². The topological polar surface area (TPSA) is 104 Å². The molecule has 6 nitrogen and oxygen atoms in total. The third kappa shape index (κ3) is 4.08. The quantitative estimate of drug-likeness (QED) is 0.746. The van der Waals surface area contributed by atoms with Crippen molar-refractivity contribution in [1.82, 2.24) is 4.72 Å². The number of benzene rings is 2. The van der Waals surface area contributed by atoms with Gasteiger partial charge in [-0.15, -0.1) is 0 Å². The molecule has 0 aliphatic rings. The number of carboxylic acid groups (broad SMARTS) is 1. The van der Waals surface area contributed by atoms with Gasteiger partial charge in [0.25, 0.3) is 0 Å². The Balaban J connectivity index is 2.30. The molecule has 0 bridgehead atoms. The van der Waals surface area contributed by atoms with Gasteiger partial charge in [0, 0.05) is 6.42 Å². The van der Waals surface area contributed by atoms with Crippen LogP contribution in [0.1, 0.15) is 12.5 Å². The summed E-state index contributed by atoms with van der Waals surface area (Å²) in [4.78, 5) is 11.6. The standard InChI is InChI=1S/C16H17NO5S/c1-16(15(19)20,11-12-7-9-13(18)10-8-12)17-23(21,22)14-5-3-2-4-6-14/h2-10,17-18H,11H2,1H3,(H,19,20). The molecule has 3 N–H and O–H groups in total. The molecule has 23 heavy (non-hydrogen) atoms. The SMILES string of the molecule is CC(Cc1ccc(O)cc1)(NS(=O)(=O)c1ccccc1)C(=O)O. The van der Waals surface area contributed by atoms with Crippen LogP contribution in [0, 0.1) is 0 Å². The number of sulfonamides is 1. The van der Waals surface area contributed by atoms with Crippen LogP contribution in [0.3, 0.4) is 0 Å². The Morgan fingerprint density at radius 1 is 1.09 bits per heavy atom. The number of aliphatic carboxylic acids is 1. The first-order valence-corrected chi connectivity index (χ1v) is 8.32. The van der Waals surface area contributed by atoms with E-state index in [9.17, 15) is 23.4 Å². The van der Waals surface area contributed by atoms with Crippen LogP contribution in [0.4, 0.5) is 0 Å². The summed E-state index contributed by atoms with van der Waals surface area (Å²) in [6.07, 6.45) is -0.0608. The largest absolute Gasteiger partial charge is 0.508 e.